The van der Waals surface area contributed by atoms with Gasteiger partial charge in [-0.2, -0.15) is 0 Å². The van der Waals surface area contributed by atoms with E-state index in [2.05, 4.69) is 5.32 Å². The van der Waals surface area contributed by atoms with Crippen LogP contribution >= 0.6 is 11.8 Å². The second kappa shape index (κ2) is 7.47. The summed E-state index contributed by atoms with van der Waals surface area (Å²) in [6.45, 7) is 0.552. The first-order valence-corrected chi connectivity index (χ1v) is 8.11. The zero-order valence-electron chi connectivity index (χ0n) is 11.9. The molecule has 0 saturated heterocycles. The number of para-hydroxylation sites is 1. The summed E-state index contributed by atoms with van der Waals surface area (Å²) in [5, 5.41) is 2.97. The maximum Gasteiger partial charge on any atom is 0.227 e. The van der Waals surface area contributed by atoms with Crippen molar-refractivity contribution >= 4 is 29.3 Å². The maximum atomic E-state index is 12.4. The average Bonchev–Trinajstić information content (AvgIpc) is 2.94. The van der Waals surface area contributed by atoms with Gasteiger partial charge in [-0.25, -0.2) is 0 Å². The molecule has 2 amide bonds. The summed E-state index contributed by atoms with van der Waals surface area (Å²) in [4.78, 5) is 24.2. The Bertz CT molecular complexity index is 521. The van der Waals surface area contributed by atoms with Crippen molar-refractivity contribution in [2.24, 2.45) is 23.3 Å². The lowest BCUT2D eigenvalue weighted by molar-refractivity contribution is -0.120. The number of amides is 2. The van der Waals surface area contributed by atoms with Gasteiger partial charge in [-0.1, -0.05) is 18.6 Å². The lowest BCUT2D eigenvalue weighted by Crippen LogP contribution is -2.29. The molecule has 0 bridgehead atoms. The van der Waals surface area contributed by atoms with E-state index in [0.29, 0.717) is 6.54 Å². The van der Waals surface area contributed by atoms with E-state index < -0.39 is 0 Å². The lowest BCUT2D eigenvalue weighted by atomic mass is 9.95. The number of hydrogen-bond donors (Lipinski definition) is 3. The highest BCUT2D eigenvalue weighted by Gasteiger charge is 2.32. The van der Waals surface area contributed by atoms with Gasteiger partial charge in [0.25, 0.3) is 0 Å². The standard InChI is InChI=1S/C15H21N3O2S/c16-8-10-4-3-5-11(10)15(20)18-12-6-1-2-7-13(12)21-9-14(17)19/h1-2,6-7,10-11H,3-5,8-9,16H2,(H2,17,19)(H,18,20)/t10-,11-/m1/s1. The van der Waals surface area contributed by atoms with Crippen LogP contribution in [0.1, 0.15) is 19.3 Å². The second-order valence-corrected chi connectivity index (χ2v) is 6.29. The Kier molecular flexibility index (Phi) is 5.64. The van der Waals surface area contributed by atoms with E-state index >= 15 is 0 Å². The van der Waals surface area contributed by atoms with Crippen LogP contribution in [0.3, 0.4) is 0 Å². The van der Waals surface area contributed by atoms with Crippen LogP contribution in [-0.4, -0.2) is 24.1 Å². The molecular weight excluding hydrogens is 286 g/mol. The molecule has 1 aliphatic carbocycles. The third kappa shape index (κ3) is 4.22. The Balaban J connectivity index is 2.05. The summed E-state index contributed by atoms with van der Waals surface area (Å²) in [6, 6.07) is 7.45. The van der Waals surface area contributed by atoms with Gasteiger partial charge in [0.05, 0.1) is 11.4 Å². The number of anilines is 1. The molecule has 1 aromatic rings. The number of carbonyl (C=O) groups is 2. The zero-order valence-corrected chi connectivity index (χ0v) is 12.7. The molecule has 1 aromatic carbocycles. The molecule has 0 heterocycles. The third-order valence-corrected chi connectivity index (χ3v) is 4.91. The molecule has 0 unspecified atom stereocenters. The van der Waals surface area contributed by atoms with Gasteiger partial charge in [0.2, 0.25) is 11.8 Å². The fourth-order valence-corrected chi connectivity index (χ4v) is 3.48. The predicted octanol–water partition coefficient (Wildman–Crippen LogP) is 1.58. The summed E-state index contributed by atoms with van der Waals surface area (Å²) >= 11 is 1.33. The van der Waals surface area contributed by atoms with Gasteiger partial charge >= 0.3 is 0 Å². The molecule has 0 spiro atoms. The van der Waals surface area contributed by atoms with Gasteiger partial charge in [-0.3, -0.25) is 9.59 Å². The molecule has 2 rings (SSSR count). The smallest absolute Gasteiger partial charge is 0.227 e. The SMILES string of the molecule is NC[C@H]1CCC[C@H]1C(=O)Nc1ccccc1SCC(N)=O. The molecule has 5 nitrogen and oxygen atoms in total. The van der Waals surface area contributed by atoms with Crippen LogP contribution in [-0.2, 0) is 9.59 Å². The highest BCUT2D eigenvalue weighted by Crippen LogP contribution is 2.33. The summed E-state index contributed by atoms with van der Waals surface area (Å²) < 4.78 is 0. The molecule has 5 N–H and O–H groups in total. The normalized spacial score (nSPS) is 21.2. The molecule has 2 atom stereocenters. The summed E-state index contributed by atoms with van der Waals surface area (Å²) in [5.74, 6) is 0.108. The third-order valence-electron chi connectivity index (χ3n) is 3.81. The van der Waals surface area contributed by atoms with E-state index in [0.717, 1.165) is 29.8 Å². The molecule has 0 radical (unpaired) electrons. The van der Waals surface area contributed by atoms with Crippen LogP contribution in [0.2, 0.25) is 0 Å². The predicted molar refractivity (Wildman–Crippen MR) is 84.9 cm³/mol. The van der Waals surface area contributed by atoms with E-state index in [-0.39, 0.29) is 29.4 Å². The van der Waals surface area contributed by atoms with E-state index in [4.69, 9.17) is 11.5 Å². The van der Waals surface area contributed by atoms with Gasteiger partial charge in [0, 0.05) is 10.8 Å². The molecular formula is C15H21N3O2S. The molecule has 0 aliphatic heterocycles. The van der Waals surface area contributed by atoms with Gasteiger partial charge in [0.1, 0.15) is 0 Å². The number of carbonyl (C=O) groups excluding carboxylic acids is 2. The second-order valence-electron chi connectivity index (χ2n) is 5.27. The summed E-state index contributed by atoms with van der Waals surface area (Å²) in [7, 11) is 0. The van der Waals surface area contributed by atoms with E-state index in [9.17, 15) is 9.59 Å². The van der Waals surface area contributed by atoms with E-state index in [1.165, 1.54) is 11.8 Å². The topological polar surface area (TPSA) is 98.2 Å². The molecule has 0 aromatic heterocycles. The van der Waals surface area contributed by atoms with Crippen LogP contribution in [0.5, 0.6) is 0 Å². The molecule has 21 heavy (non-hydrogen) atoms. The number of benzene rings is 1. The van der Waals surface area contributed by atoms with Gasteiger partial charge in [0.15, 0.2) is 0 Å². The number of nitrogens with two attached hydrogens (primary N) is 2. The Morgan fingerprint density at radius 3 is 2.76 bits per heavy atom. The Hall–Kier alpha value is -1.53. The minimum Gasteiger partial charge on any atom is -0.369 e. The minimum absolute atomic E-state index is 0.0100. The van der Waals surface area contributed by atoms with Gasteiger partial charge in [-0.05, 0) is 37.4 Å². The first-order chi connectivity index (χ1) is 10.1. The quantitative estimate of drug-likeness (QED) is 0.695. The monoisotopic (exact) mass is 307 g/mol. The fourth-order valence-electron chi connectivity index (χ4n) is 2.73. The Morgan fingerprint density at radius 2 is 2.05 bits per heavy atom. The van der Waals surface area contributed by atoms with Crippen molar-refractivity contribution in [3.63, 3.8) is 0 Å². The lowest BCUT2D eigenvalue weighted by Gasteiger charge is -2.18. The number of hydrogen-bond acceptors (Lipinski definition) is 4. The molecule has 1 aliphatic rings. The Labute approximate surface area is 128 Å². The van der Waals surface area contributed by atoms with Crippen molar-refractivity contribution in [1.82, 2.24) is 0 Å². The molecule has 1 saturated carbocycles. The van der Waals surface area contributed by atoms with Crippen LogP contribution in [0.25, 0.3) is 0 Å². The number of nitrogens with one attached hydrogen (secondary N) is 1. The van der Waals surface area contributed by atoms with Crippen LogP contribution in [0, 0.1) is 11.8 Å². The number of primary amides is 1. The number of thioether (sulfide) groups is 1. The molecule has 114 valence electrons. The van der Waals surface area contributed by atoms with Crippen molar-refractivity contribution in [3.8, 4) is 0 Å². The largest absolute Gasteiger partial charge is 0.369 e. The van der Waals surface area contributed by atoms with Gasteiger partial charge in [-0.15, -0.1) is 11.8 Å². The first-order valence-electron chi connectivity index (χ1n) is 7.13. The molecule has 1 fully saturated rings. The van der Waals surface area contributed by atoms with Crippen LogP contribution in [0.4, 0.5) is 5.69 Å². The number of rotatable bonds is 6. The fraction of sp³-hybridized carbons (Fsp3) is 0.467. The van der Waals surface area contributed by atoms with Crippen molar-refractivity contribution < 1.29 is 9.59 Å². The van der Waals surface area contributed by atoms with Crippen molar-refractivity contribution in [3.05, 3.63) is 24.3 Å². The highest BCUT2D eigenvalue weighted by atomic mass is 32.2. The maximum absolute atomic E-state index is 12.4. The zero-order chi connectivity index (χ0) is 15.2. The highest BCUT2D eigenvalue weighted by molar-refractivity contribution is 8.00. The average molecular weight is 307 g/mol. The Morgan fingerprint density at radius 1 is 1.29 bits per heavy atom. The van der Waals surface area contributed by atoms with E-state index in [1.54, 1.807) is 0 Å². The minimum atomic E-state index is -0.375. The van der Waals surface area contributed by atoms with Gasteiger partial charge < -0.3 is 16.8 Å². The van der Waals surface area contributed by atoms with Crippen LogP contribution < -0.4 is 16.8 Å². The van der Waals surface area contributed by atoms with Crippen molar-refractivity contribution in [2.45, 2.75) is 24.2 Å². The van der Waals surface area contributed by atoms with Crippen LogP contribution in [0.15, 0.2) is 29.2 Å². The summed E-state index contributed by atoms with van der Waals surface area (Å²) in [5.41, 5.74) is 11.6. The van der Waals surface area contributed by atoms with E-state index in [1.807, 2.05) is 24.3 Å². The molecule has 6 heteroatoms. The first kappa shape index (κ1) is 15.9. The van der Waals surface area contributed by atoms with Crippen molar-refractivity contribution in [2.75, 3.05) is 17.6 Å². The van der Waals surface area contributed by atoms with Crippen molar-refractivity contribution in [1.29, 1.82) is 0 Å². The summed E-state index contributed by atoms with van der Waals surface area (Å²) in [6.07, 6.45) is 2.97.